The first-order valence-corrected chi connectivity index (χ1v) is 13.4. The highest BCUT2D eigenvalue weighted by atomic mass is 16.6. The molecule has 2 heterocycles. The molecule has 5 atom stereocenters. The van der Waals surface area contributed by atoms with Gasteiger partial charge in [0, 0.05) is 37.8 Å². The first-order chi connectivity index (χ1) is 16.7. The number of nitrogens with one attached hydrogen (secondary N) is 1. The smallest absolute Gasteiger partial charge is 0.307 e. The van der Waals surface area contributed by atoms with Crippen molar-refractivity contribution >= 4 is 5.97 Å². The second-order valence-corrected chi connectivity index (χ2v) is 12.4. The Hall–Kier alpha value is -1.83. The number of likely N-dealkylation sites (tertiary alicyclic amines) is 1. The Balaban J connectivity index is 1.32. The Morgan fingerprint density at radius 2 is 2.06 bits per heavy atom. The standard InChI is InChI=1S/C28H40N2O5/c1-26(2,3)35-22(32)10-13-29-19-9-11-28(33-4)21-15-18-7-8-20(31)24-23(18)27(28,25(19)34-24)12-14-30(21)16-17-5-6-17/h7-8,17,19,21,25,29,31H,5-6,9-16H2,1-4H3/t19-,21-,25+,27+,28-/m1/s1. The normalized spacial score (nSPS) is 35.4. The zero-order valence-electron chi connectivity index (χ0n) is 21.6. The molecule has 1 saturated heterocycles. The van der Waals surface area contributed by atoms with Crippen LogP contribution in [-0.2, 0) is 26.1 Å². The van der Waals surface area contributed by atoms with Gasteiger partial charge in [0.15, 0.2) is 11.5 Å². The summed E-state index contributed by atoms with van der Waals surface area (Å²) < 4.78 is 18.8. The van der Waals surface area contributed by atoms with Crippen molar-refractivity contribution in [2.75, 3.05) is 26.7 Å². The van der Waals surface area contributed by atoms with Crippen LogP contribution in [0.4, 0.5) is 0 Å². The molecular formula is C28H40N2O5. The minimum absolute atomic E-state index is 0.0779. The highest BCUT2D eigenvalue weighted by Crippen LogP contribution is 2.66. The predicted octanol–water partition coefficient (Wildman–Crippen LogP) is 3.30. The van der Waals surface area contributed by atoms with E-state index in [0.29, 0.717) is 24.8 Å². The molecule has 5 aliphatic rings. The predicted molar refractivity (Wildman–Crippen MR) is 132 cm³/mol. The number of carbonyl (C=O) groups excluding carboxylic acids is 1. The van der Waals surface area contributed by atoms with E-state index in [-0.39, 0.29) is 34.9 Å². The average Bonchev–Trinajstić information content (AvgIpc) is 3.54. The fraction of sp³-hybridized carbons (Fsp3) is 0.750. The molecule has 6 rings (SSSR count). The Morgan fingerprint density at radius 1 is 1.26 bits per heavy atom. The molecule has 1 spiro atoms. The lowest BCUT2D eigenvalue weighted by molar-refractivity contribution is -0.207. The topological polar surface area (TPSA) is 80.3 Å². The summed E-state index contributed by atoms with van der Waals surface area (Å²) >= 11 is 0. The van der Waals surface area contributed by atoms with Crippen LogP contribution < -0.4 is 10.1 Å². The van der Waals surface area contributed by atoms with Crippen molar-refractivity contribution in [2.45, 2.75) is 101 Å². The number of nitrogens with zero attached hydrogens (tertiary/aromatic N) is 1. The van der Waals surface area contributed by atoms with Crippen LogP contribution in [-0.4, -0.2) is 72.1 Å². The van der Waals surface area contributed by atoms with Crippen molar-refractivity contribution in [3.05, 3.63) is 23.3 Å². The molecule has 1 aromatic carbocycles. The minimum Gasteiger partial charge on any atom is -0.504 e. The summed E-state index contributed by atoms with van der Waals surface area (Å²) in [6.07, 6.45) is 6.63. The van der Waals surface area contributed by atoms with Crippen LogP contribution in [0.1, 0.15) is 70.4 Å². The van der Waals surface area contributed by atoms with Gasteiger partial charge < -0.3 is 24.6 Å². The van der Waals surface area contributed by atoms with Gasteiger partial charge in [-0.15, -0.1) is 0 Å². The number of rotatable bonds is 7. The Kier molecular flexibility index (Phi) is 5.44. The maximum atomic E-state index is 12.3. The minimum atomic E-state index is -0.478. The van der Waals surface area contributed by atoms with Crippen molar-refractivity contribution in [2.24, 2.45) is 5.92 Å². The van der Waals surface area contributed by atoms with Crippen LogP contribution in [0.25, 0.3) is 0 Å². The molecule has 35 heavy (non-hydrogen) atoms. The van der Waals surface area contributed by atoms with Gasteiger partial charge in [0.1, 0.15) is 11.7 Å². The van der Waals surface area contributed by atoms with Crippen LogP contribution in [0.2, 0.25) is 0 Å². The Labute approximate surface area is 208 Å². The highest BCUT2D eigenvalue weighted by molar-refractivity contribution is 5.70. The van der Waals surface area contributed by atoms with Crippen molar-refractivity contribution in [1.82, 2.24) is 10.2 Å². The van der Waals surface area contributed by atoms with E-state index in [2.05, 4.69) is 16.3 Å². The molecule has 2 aliphatic heterocycles. The van der Waals surface area contributed by atoms with Gasteiger partial charge in [-0.2, -0.15) is 0 Å². The molecule has 3 fully saturated rings. The molecule has 0 unspecified atom stereocenters. The zero-order valence-corrected chi connectivity index (χ0v) is 21.6. The maximum absolute atomic E-state index is 12.3. The van der Waals surface area contributed by atoms with E-state index in [1.807, 2.05) is 27.9 Å². The molecule has 0 aromatic heterocycles. The molecular weight excluding hydrogens is 444 g/mol. The number of esters is 1. The van der Waals surface area contributed by atoms with Crippen LogP contribution in [0.5, 0.6) is 11.5 Å². The molecule has 1 aromatic rings. The van der Waals surface area contributed by atoms with Crippen molar-refractivity contribution in [1.29, 1.82) is 0 Å². The van der Waals surface area contributed by atoms with Gasteiger partial charge in [0.25, 0.3) is 0 Å². The van der Waals surface area contributed by atoms with Gasteiger partial charge in [0.05, 0.1) is 17.4 Å². The van der Waals surface area contributed by atoms with Crippen molar-refractivity contribution < 1.29 is 24.1 Å². The number of carbonyl (C=O) groups is 1. The number of hydrogen-bond donors (Lipinski definition) is 2. The molecule has 7 nitrogen and oxygen atoms in total. The maximum Gasteiger partial charge on any atom is 0.307 e. The van der Waals surface area contributed by atoms with Crippen molar-refractivity contribution in [3.63, 3.8) is 0 Å². The molecule has 0 radical (unpaired) electrons. The summed E-state index contributed by atoms with van der Waals surface area (Å²) in [4.78, 5) is 15.0. The summed E-state index contributed by atoms with van der Waals surface area (Å²) in [6, 6.07) is 4.30. The molecule has 7 heteroatoms. The number of piperidine rings is 1. The van der Waals surface area contributed by atoms with Gasteiger partial charge in [-0.3, -0.25) is 9.69 Å². The van der Waals surface area contributed by atoms with E-state index < -0.39 is 5.60 Å². The van der Waals surface area contributed by atoms with E-state index in [0.717, 1.165) is 44.7 Å². The van der Waals surface area contributed by atoms with Crippen LogP contribution in [0, 0.1) is 5.92 Å². The van der Waals surface area contributed by atoms with Gasteiger partial charge in [-0.05, 0) is 83.4 Å². The molecule has 0 amide bonds. The van der Waals surface area contributed by atoms with Gasteiger partial charge in [0.2, 0.25) is 0 Å². The van der Waals surface area contributed by atoms with E-state index >= 15 is 0 Å². The molecule has 2 N–H and O–H groups in total. The first-order valence-electron chi connectivity index (χ1n) is 13.4. The number of benzene rings is 1. The molecule has 2 bridgehead atoms. The monoisotopic (exact) mass is 484 g/mol. The Morgan fingerprint density at radius 3 is 2.77 bits per heavy atom. The Bertz CT molecular complexity index is 1020. The average molecular weight is 485 g/mol. The summed E-state index contributed by atoms with van der Waals surface area (Å²) in [5.74, 6) is 1.52. The largest absolute Gasteiger partial charge is 0.504 e. The summed E-state index contributed by atoms with van der Waals surface area (Å²) in [5, 5.41) is 14.5. The molecule has 3 aliphatic carbocycles. The number of methoxy groups -OCH3 is 1. The molecule has 2 saturated carbocycles. The number of aromatic hydroxyl groups is 1. The second kappa shape index (κ2) is 8.09. The number of phenolic OH excluding ortho intramolecular Hbond substituents is 1. The fourth-order valence-electron chi connectivity index (χ4n) is 7.83. The summed E-state index contributed by atoms with van der Waals surface area (Å²) in [7, 11) is 1.88. The van der Waals surface area contributed by atoms with E-state index in [4.69, 9.17) is 14.2 Å². The van der Waals surface area contributed by atoms with E-state index in [1.54, 1.807) is 6.07 Å². The lowest BCUT2D eigenvalue weighted by Crippen LogP contribution is -2.78. The molecule has 192 valence electrons. The second-order valence-electron chi connectivity index (χ2n) is 12.4. The quantitative estimate of drug-likeness (QED) is 0.575. The van der Waals surface area contributed by atoms with Crippen molar-refractivity contribution in [3.8, 4) is 11.5 Å². The highest BCUT2D eigenvalue weighted by Gasteiger charge is 2.73. The lowest BCUT2D eigenvalue weighted by atomic mass is 9.48. The van der Waals surface area contributed by atoms with E-state index in [9.17, 15) is 9.90 Å². The number of phenols is 1. The van der Waals surface area contributed by atoms with Crippen LogP contribution in [0.3, 0.4) is 0 Å². The van der Waals surface area contributed by atoms with Gasteiger partial charge in [-0.1, -0.05) is 6.07 Å². The van der Waals surface area contributed by atoms with Crippen LogP contribution in [0.15, 0.2) is 12.1 Å². The number of ether oxygens (including phenoxy) is 3. The van der Waals surface area contributed by atoms with E-state index in [1.165, 1.54) is 24.0 Å². The third-order valence-corrected chi connectivity index (χ3v) is 9.24. The van der Waals surface area contributed by atoms with Crippen LogP contribution >= 0.6 is 0 Å². The third kappa shape index (κ3) is 3.52. The SMILES string of the molecule is CO[C@@]12CC[C@@H](NCCC(=O)OC(C)(C)C)[C@@H]3Oc4c(O)ccc5c4[C@@]31CCN(CC1CC1)[C@@H]2C5. The lowest BCUT2D eigenvalue weighted by Gasteiger charge is -2.65. The van der Waals surface area contributed by atoms with Gasteiger partial charge >= 0.3 is 5.97 Å². The fourth-order valence-corrected chi connectivity index (χ4v) is 7.83. The summed E-state index contributed by atoms with van der Waals surface area (Å²) in [6.45, 7) is 8.42. The zero-order chi connectivity index (χ0) is 24.6. The third-order valence-electron chi connectivity index (χ3n) is 9.24. The summed E-state index contributed by atoms with van der Waals surface area (Å²) in [5.41, 5.74) is 1.38. The first kappa shape index (κ1) is 23.6. The van der Waals surface area contributed by atoms with Gasteiger partial charge in [-0.25, -0.2) is 0 Å². The number of hydrogen-bond acceptors (Lipinski definition) is 7.